The van der Waals surface area contributed by atoms with E-state index in [2.05, 4.69) is 16.0 Å². The summed E-state index contributed by atoms with van der Waals surface area (Å²) in [6.45, 7) is 3.93. The average molecular weight is 413 g/mol. The zero-order valence-corrected chi connectivity index (χ0v) is 17.2. The minimum Gasteiger partial charge on any atom is -0.489 e. The van der Waals surface area contributed by atoms with Crippen LogP contribution in [0.15, 0.2) is 54.6 Å². The van der Waals surface area contributed by atoms with Gasteiger partial charge in [-0.15, -0.1) is 0 Å². The number of rotatable bonds is 10. The molecule has 2 rings (SSSR count). The number of anilines is 1. The molecule has 30 heavy (non-hydrogen) atoms. The van der Waals surface area contributed by atoms with E-state index in [1.165, 1.54) is 0 Å². The lowest BCUT2D eigenvalue weighted by Gasteiger charge is -2.19. The van der Waals surface area contributed by atoms with Crippen molar-refractivity contribution in [2.45, 2.75) is 32.8 Å². The number of benzene rings is 2. The standard InChI is InChI=1S/C21H28BN3O5/c1-15(2)11-19(22(28)29)25-20(26)13-23-21(27)24-17-9-6-10-18(12-17)30-14-16-7-4-3-5-8-16/h3-10,12,15,19,28-29H,11,13-14H2,1-2H3,(H,25,26)(H2,23,24,27)/t19-/m0/s1. The molecule has 9 heteroatoms. The van der Waals surface area contributed by atoms with Crippen LogP contribution in [0.1, 0.15) is 25.8 Å². The van der Waals surface area contributed by atoms with Crippen LogP contribution in [0.25, 0.3) is 0 Å². The van der Waals surface area contributed by atoms with Gasteiger partial charge in [0.1, 0.15) is 12.4 Å². The molecule has 0 aliphatic heterocycles. The van der Waals surface area contributed by atoms with Crippen molar-refractivity contribution >= 4 is 24.7 Å². The molecular weight excluding hydrogens is 385 g/mol. The van der Waals surface area contributed by atoms with Crippen LogP contribution < -0.4 is 20.7 Å². The van der Waals surface area contributed by atoms with Crippen LogP contribution >= 0.6 is 0 Å². The third-order valence-electron chi connectivity index (χ3n) is 4.18. The highest BCUT2D eigenvalue weighted by Gasteiger charge is 2.26. The highest BCUT2D eigenvalue weighted by atomic mass is 16.5. The molecule has 1 atom stereocenters. The molecule has 0 heterocycles. The smallest absolute Gasteiger partial charge is 0.475 e. The second-order valence-electron chi connectivity index (χ2n) is 7.33. The Balaban J connectivity index is 1.79. The van der Waals surface area contributed by atoms with Gasteiger partial charge in [0.25, 0.3) is 0 Å². The van der Waals surface area contributed by atoms with Gasteiger partial charge in [-0.3, -0.25) is 4.79 Å². The summed E-state index contributed by atoms with van der Waals surface area (Å²) in [5, 5.41) is 26.3. The molecule has 5 N–H and O–H groups in total. The molecule has 0 aromatic heterocycles. The van der Waals surface area contributed by atoms with E-state index in [0.29, 0.717) is 24.5 Å². The van der Waals surface area contributed by atoms with E-state index in [4.69, 9.17) is 4.74 Å². The number of carbonyl (C=O) groups is 2. The van der Waals surface area contributed by atoms with Crippen LogP contribution in [0.5, 0.6) is 5.75 Å². The van der Waals surface area contributed by atoms with E-state index in [-0.39, 0.29) is 12.5 Å². The molecule has 0 saturated carbocycles. The van der Waals surface area contributed by atoms with Gasteiger partial charge in [-0.25, -0.2) is 4.79 Å². The Kier molecular flexibility index (Phi) is 9.18. The SMILES string of the molecule is CC(C)C[C@H](NC(=O)CNC(=O)Nc1cccc(OCc2ccccc2)c1)B(O)O. The summed E-state index contributed by atoms with van der Waals surface area (Å²) in [7, 11) is -1.66. The van der Waals surface area contributed by atoms with E-state index in [1.807, 2.05) is 44.2 Å². The largest absolute Gasteiger partial charge is 0.489 e. The summed E-state index contributed by atoms with van der Waals surface area (Å²) in [5.41, 5.74) is 1.55. The third kappa shape index (κ3) is 8.54. The summed E-state index contributed by atoms with van der Waals surface area (Å²) < 4.78 is 5.73. The number of hydrogen-bond donors (Lipinski definition) is 5. The monoisotopic (exact) mass is 413 g/mol. The van der Waals surface area contributed by atoms with Gasteiger partial charge in [0, 0.05) is 11.8 Å². The predicted octanol–water partition coefficient (Wildman–Crippen LogP) is 1.93. The Bertz CT molecular complexity index is 817. The molecule has 2 aromatic carbocycles. The lowest BCUT2D eigenvalue weighted by Crippen LogP contribution is -2.50. The fourth-order valence-electron chi connectivity index (χ4n) is 2.76. The quantitative estimate of drug-likeness (QED) is 0.382. The maximum absolute atomic E-state index is 12.1. The lowest BCUT2D eigenvalue weighted by atomic mass is 9.75. The molecule has 0 bridgehead atoms. The van der Waals surface area contributed by atoms with E-state index >= 15 is 0 Å². The first kappa shape index (κ1) is 23.2. The third-order valence-corrected chi connectivity index (χ3v) is 4.18. The normalized spacial score (nSPS) is 11.5. The number of nitrogens with one attached hydrogen (secondary N) is 3. The van der Waals surface area contributed by atoms with Crippen molar-refractivity contribution in [2.24, 2.45) is 5.92 Å². The Hall–Kier alpha value is -3.04. The van der Waals surface area contributed by atoms with Gasteiger partial charge in [-0.1, -0.05) is 50.2 Å². The Morgan fingerprint density at radius 2 is 1.80 bits per heavy atom. The number of ether oxygens (including phenoxy) is 1. The van der Waals surface area contributed by atoms with Gasteiger partial charge < -0.3 is 30.7 Å². The Morgan fingerprint density at radius 1 is 1.07 bits per heavy atom. The second-order valence-corrected chi connectivity index (χ2v) is 7.33. The molecule has 3 amide bonds. The molecule has 0 aliphatic rings. The molecule has 8 nitrogen and oxygen atoms in total. The van der Waals surface area contributed by atoms with E-state index in [9.17, 15) is 19.6 Å². The Morgan fingerprint density at radius 3 is 2.47 bits per heavy atom. The molecule has 160 valence electrons. The summed E-state index contributed by atoms with van der Waals surface area (Å²) >= 11 is 0. The summed E-state index contributed by atoms with van der Waals surface area (Å²) in [6.07, 6.45) is 0.408. The molecule has 0 radical (unpaired) electrons. The fraction of sp³-hybridized carbons (Fsp3) is 0.333. The maximum Gasteiger partial charge on any atom is 0.475 e. The van der Waals surface area contributed by atoms with Gasteiger partial charge in [0.2, 0.25) is 5.91 Å². The topological polar surface area (TPSA) is 120 Å². The maximum atomic E-state index is 12.1. The zero-order valence-electron chi connectivity index (χ0n) is 17.2. The zero-order chi connectivity index (χ0) is 21.9. The Labute approximate surface area is 176 Å². The number of hydrogen-bond acceptors (Lipinski definition) is 5. The van der Waals surface area contributed by atoms with Crippen molar-refractivity contribution in [3.63, 3.8) is 0 Å². The van der Waals surface area contributed by atoms with E-state index in [1.54, 1.807) is 24.3 Å². The molecule has 2 aromatic rings. The van der Waals surface area contributed by atoms with Crippen molar-refractivity contribution in [1.29, 1.82) is 0 Å². The van der Waals surface area contributed by atoms with Gasteiger partial charge in [-0.2, -0.15) is 0 Å². The molecular formula is C21H28BN3O5. The van der Waals surface area contributed by atoms with E-state index in [0.717, 1.165) is 5.56 Å². The summed E-state index contributed by atoms with van der Waals surface area (Å²) in [4.78, 5) is 24.0. The number of urea groups is 1. The summed E-state index contributed by atoms with van der Waals surface area (Å²) in [5.74, 6) is -0.530. The van der Waals surface area contributed by atoms with Crippen LogP contribution in [0.3, 0.4) is 0 Å². The van der Waals surface area contributed by atoms with Crippen molar-refractivity contribution in [2.75, 3.05) is 11.9 Å². The number of carbonyl (C=O) groups excluding carboxylic acids is 2. The molecule has 0 fully saturated rings. The summed E-state index contributed by atoms with van der Waals surface area (Å²) in [6, 6.07) is 16.1. The molecule has 0 unspecified atom stereocenters. The van der Waals surface area contributed by atoms with Crippen LogP contribution in [0.2, 0.25) is 0 Å². The van der Waals surface area contributed by atoms with Crippen LogP contribution in [0, 0.1) is 5.92 Å². The highest BCUT2D eigenvalue weighted by molar-refractivity contribution is 6.43. The minimum absolute atomic E-state index is 0.171. The highest BCUT2D eigenvalue weighted by Crippen LogP contribution is 2.18. The van der Waals surface area contributed by atoms with Gasteiger partial charge in [0.15, 0.2) is 0 Å². The molecule has 0 saturated heterocycles. The average Bonchev–Trinajstić information content (AvgIpc) is 2.71. The predicted molar refractivity (Wildman–Crippen MR) is 116 cm³/mol. The minimum atomic E-state index is -1.66. The second kappa shape index (κ2) is 11.8. The van der Waals surface area contributed by atoms with Crippen molar-refractivity contribution in [3.8, 4) is 5.75 Å². The van der Waals surface area contributed by atoms with Crippen LogP contribution in [0.4, 0.5) is 10.5 Å². The van der Waals surface area contributed by atoms with Crippen LogP contribution in [-0.2, 0) is 11.4 Å². The molecule has 0 spiro atoms. The van der Waals surface area contributed by atoms with Crippen molar-refractivity contribution < 1.29 is 24.4 Å². The van der Waals surface area contributed by atoms with Gasteiger partial charge in [0.05, 0.1) is 12.5 Å². The van der Waals surface area contributed by atoms with Crippen LogP contribution in [-0.4, -0.2) is 41.6 Å². The number of amides is 3. The first-order valence-electron chi connectivity index (χ1n) is 9.80. The van der Waals surface area contributed by atoms with Crippen molar-refractivity contribution in [1.82, 2.24) is 10.6 Å². The first-order valence-corrected chi connectivity index (χ1v) is 9.80. The fourth-order valence-corrected chi connectivity index (χ4v) is 2.76. The van der Waals surface area contributed by atoms with E-state index < -0.39 is 25.0 Å². The molecule has 0 aliphatic carbocycles. The van der Waals surface area contributed by atoms with Crippen molar-refractivity contribution in [3.05, 3.63) is 60.2 Å². The first-order chi connectivity index (χ1) is 14.3. The van der Waals surface area contributed by atoms with Gasteiger partial charge in [-0.05, 0) is 30.0 Å². The lowest BCUT2D eigenvalue weighted by molar-refractivity contribution is -0.120. The van der Waals surface area contributed by atoms with Gasteiger partial charge >= 0.3 is 13.1 Å².